The zero-order valence-corrected chi connectivity index (χ0v) is 19.3. The quantitative estimate of drug-likeness (QED) is 0.295. The third-order valence-electron chi connectivity index (χ3n) is 5.82. The Morgan fingerprint density at radius 3 is 2.37 bits per heavy atom. The lowest BCUT2D eigenvalue weighted by Crippen LogP contribution is -2.29. The van der Waals surface area contributed by atoms with Crippen LogP contribution in [-0.2, 0) is 9.59 Å². The molecule has 1 unspecified atom stereocenters. The van der Waals surface area contributed by atoms with E-state index in [9.17, 15) is 19.1 Å². The van der Waals surface area contributed by atoms with Gasteiger partial charge in [0.1, 0.15) is 17.3 Å². The molecule has 0 saturated carbocycles. The van der Waals surface area contributed by atoms with Gasteiger partial charge in [0.05, 0.1) is 29.9 Å². The van der Waals surface area contributed by atoms with Gasteiger partial charge in [-0.3, -0.25) is 14.5 Å². The highest BCUT2D eigenvalue weighted by Crippen LogP contribution is 2.42. The lowest BCUT2D eigenvalue weighted by Gasteiger charge is -2.25. The number of halogens is 1. The molecule has 1 aliphatic rings. The first-order valence-electron chi connectivity index (χ1n) is 11.2. The summed E-state index contributed by atoms with van der Waals surface area (Å²) in [5.74, 6) is -1.87. The average molecular weight is 471 g/mol. The number of hydrogen-bond donors (Lipinski definition) is 1. The number of aryl methyl sites for hydroxylation is 1. The zero-order chi connectivity index (χ0) is 25.1. The number of nitriles is 1. The number of nitrogens with zero attached hydrogens (tertiary/aromatic N) is 2. The molecule has 3 aromatic carbocycles. The molecule has 1 N–H and O–H groups in total. The minimum absolute atomic E-state index is 0.104. The van der Waals surface area contributed by atoms with E-state index < -0.39 is 23.5 Å². The van der Waals surface area contributed by atoms with Gasteiger partial charge in [-0.25, -0.2) is 4.39 Å². The van der Waals surface area contributed by atoms with E-state index in [0.717, 1.165) is 6.42 Å². The number of benzene rings is 3. The van der Waals surface area contributed by atoms with Gasteiger partial charge in [-0.15, -0.1) is 0 Å². The number of hydrogen-bond acceptors (Lipinski definition) is 5. The second-order valence-electron chi connectivity index (χ2n) is 8.21. The third-order valence-corrected chi connectivity index (χ3v) is 5.82. The fraction of sp³-hybridized carbons (Fsp3) is 0.179. The van der Waals surface area contributed by atoms with E-state index in [1.807, 2.05) is 13.0 Å². The van der Waals surface area contributed by atoms with E-state index in [2.05, 4.69) is 0 Å². The van der Waals surface area contributed by atoms with Crippen LogP contribution < -0.4 is 9.64 Å². The lowest BCUT2D eigenvalue weighted by atomic mass is 9.94. The van der Waals surface area contributed by atoms with Gasteiger partial charge in [0.25, 0.3) is 11.7 Å². The van der Waals surface area contributed by atoms with Crippen molar-refractivity contribution in [1.29, 1.82) is 5.26 Å². The van der Waals surface area contributed by atoms with Gasteiger partial charge in [-0.2, -0.15) is 5.26 Å². The second-order valence-corrected chi connectivity index (χ2v) is 8.21. The fourth-order valence-electron chi connectivity index (χ4n) is 4.02. The fourth-order valence-corrected chi connectivity index (χ4v) is 4.02. The smallest absolute Gasteiger partial charge is 0.300 e. The molecule has 176 valence electrons. The molecular weight excluding hydrogens is 447 g/mol. The van der Waals surface area contributed by atoms with Crippen LogP contribution in [0.4, 0.5) is 10.1 Å². The number of carbonyl (C=O) groups excluding carboxylic acids is 2. The number of ketones is 1. The minimum Gasteiger partial charge on any atom is -0.507 e. The molecule has 0 aromatic heterocycles. The number of aliphatic hydroxyl groups excluding tert-OH is 1. The first-order chi connectivity index (χ1) is 16.8. The van der Waals surface area contributed by atoms with Crippen molar-refractivity contribution in [3.63, 3.8) is 0 Å². The van der Waals surface area contributed by atoms with Crippen molar-refractivity contribution < 1.29 is 23.8 Å². The summed E-state index contributed by atoms with van der Waals surface area (Å²) in [5.41, 5.74) is 1.81. The number of carbonyl (C=O) groups is 2. The Balaban J connectivity index is 1.88. The molecule has 1 amide bonds. The van der Waals surface area contributed by atoms with Gasteiger partial charge < -0.3 is 9.84 Å². The van der Waals surface area contributed by atoms with Crippen molar-refractivity contribution in [2.75, 3.05) is 11.5 Å². The van der Waals surface area contributed by atoms with Crippen LogP contribution in [0.15, 0.2) is 72.3 Å². The predicted molar refractivity (Wildman–Crippen MR) is 129 cm³/mol. The summed E-state index contributed by atoms with van der Waals surface area (Å²) in [5, 5.41) is 20.3. The van der Waals surface area contributed by atoms with Crippen LogP contribution in [0.1, 0.15) is 41.6 Å². The topological polar surface area (TPSA) is 90.6 Å². The highest BCUT2D eigenvalue weighted by atomic mass is 19.1. The summed E-state index contributed by atoms with van der Waals surface area (Å²) in [6, 6.07) is 18.3. The van der Waals surface area contributed by atoms with E-state index in [0.29, 0.717) is 34.7 Å². The monoisotopic (exact) mass is 470 g/mol. The SMILES string of the molecule is CCCOc1ccc(C2/C(=C(/O)c3ccc(F)c(C)c3)C(=O)C(=O)N2c2ccc(C#N)cc2)cc1. The molecule has 6 nitrogen and oxygen atoms in total. The van der Waals surface area contributed by atoms with Crippen LogP contribution in [0.2, 0.25) is 0 Å². The van der Waals surface area contributed by atoms with Crippen LogP contribution in [0.25, 0.3) is 5.76 Å². The molecule has 1 aliphatic heterocycles. The molecule has 0 aliphatic carbocycles. The summed E-state index contributed by atoms with van der Waals surface area (Å²) < 4.78 is 19.5. The molecule has 1 fully saturated rings. The van der Waals surface area contributed by atoms with E-state index in [1.54, 1.807) is 55.5 Å². The Morgan fingerprint density at radius 1 is 1.09 bits per heavy atom. The molecule has 1 heterocycles. The van der Waals surface area contributed by atoms with Crippen LogP contribution in [0.5, 0.6) is 5.75 Å². The summed E-state index contributed by atoms with van der Waals surface area (Å²) in [6.07, 6.45) is 0.845. The summed E-state index contributed by atoms with van der Waals surface area (Å²) in [6.45, 7) is 4.09. The molecule has 4 rings (SSSR count). The van der Waals surface area contributed by atoms with Crippen molar-refractivity contribution in [2.45, 2.75) is 26.3 Å². The van der Waals surface area contributed by atoms with Gasteiger partial charge in [0, 0.05) is 11.3 Å². The van der Waals surface area contributed by atoms with Gasteiger partial charge in [-0.05, 0) is 79.1 Å². The van der Waals surface area contributed by atoms with Gasteiger partial charge in [0.2, 0.25) is 0 Å². The standard InChI is InChI=1S/C28H23FN2O4/c1-3-14-35-22-11-6-19(7-12-22)25-24(26(32)20-8-13-23(29)17(2)15-20)27(33)28(34)31(25)21-9-4-18(16-30)5-10-21/h4-13,15,25,32H,3,14H2,1-2H3/b26-24-. The molecule has 7 heteroatoms. The van der Waals surface area contributed by atoms with Gasteiger partial charge >= 0.3 is 0 Å². The Morgan fingerprint density at radius 2 is 1.77 bits per heavy atom. The summed E-state index contributed by atoms with van der Waals surface area (Å²) in [4.78, 5) is 27.7. The lowest BCUT2D eigenvalue weighted by molar-refractivity contribution is -0.132. The maximum atomic E-state index is 13.8. The van der Waals surface area contributed by atoms with Crippen molar-refractivity contribution in [3.8, 4) is 11.8 Å². The average Bonchev–Trinajstić information content (AvgIpc) is 3.14. The number of anilines is 1. The Bertz CT molecular complexity index is 1360. The molecule has 1 saturated heterocycles. The Hall–Kier alpha value is -4.44. The molecule has 0 bridgehead atoms. The molecule has 3 aromatic rings. The van der Waals surface area contributed by atoms with Crippen LogP contribution in [0.3, 0.4) is 0 Å². The first kappa shape index (κ1) is 23.7. The molecule has 1 atom stereocenters. The third kappa shape index (κ3) is 4.51. The molecule has 0 spiro atoms. The Labute approximate surface area is 202 Å². The van der Waals surface area contributed by atoms with Crippen molar-refractivity contribution in [3.05, 3.63) is 100 Å². The van der Waals surface area contributed by atoms with Crippen molar-refractivity contribution in [1.82, 2.24) is 0 Å². The number of rotatable bonds is 6. The summed E-state index contributed by atoms with van der Waals surface area (Å²) in [7, 11) is 0. The maximum absolute atomic E-state index is 13.8. The highest BCUT2D eigenvalue weighted by molar-refractivity contribution is 6.51. The van der Waals surface area contributed by atoms with Gasteiger partial charge in [-0.1, -0.05) is 19.1 Å². The highest BCUT2D eigenvalue weighted by Gasteiger charge is 2.47. The van der Waals surface area contributed by atoms with Crippen molar-refractivity contribution >= 4 is 23.1 Å². The minimum atomic E-state index is -0.937. The largest absolute Gasteiger partial charge is 0.507 e. The number of aliphatic hydroxyl groups is 1. The van der Waals surface area contributed by atoms with Crippen molar-refractivity contribution in [2.24, 2.45) is 0 Å². The maximum Gasteiger partial charge on any atom is 0.300 e. The van der Waals surface area contributed by atoms with E-state index in [4.69, 9.17) is 10.00 Å². The summed E-state index contributed by atoms with van der Waals surface area (Å²) >= 11 is 0. The van der Waals surface area contributed by atoms with E-state index in [-0.39, 0.29) is 16.9 Å². The molecular formula is C28H23FN2O4. The molecule has 35 heavy (non-hydrogen) atoms. The second kappa shape index (κ2) is 9.82. The number of amides is 1. The normalized spacial score (nSPS) is 16.9. The predicted octanol–water partition coefficient (Wildman–Crippen LogP) is 5.42. The van der Waals surface area contributed by atoms with E-state index >= 15 is 0 Å². The van der Waals surface area contributed by atoms with Crippen LogP contribution in [0, 0.1) is 24.1 Å². The van der Waals surface area contributed by atoms with E-state index in [1.165, 1.54) is 23.1 Å². The number of Topliss-reactive ketones (excluding diaryl/α,β-unsaturated/α-hetero) is 1. The van der Waals surface area contributed by atoms with Gasteiger partial charge in [0.15, 0.2) is 0 Å². The zero-order valence-electron chi connectivity index (χ0n) is 19.3. The number of ether oxygens (including phenoxy) is 1. The van der Waals surface area contributed by atoms with Crippen LogP contribution in [-0.4, -0.2) is 23.4 Å². The van der Waals surface area contributed by atoms with Crippen LogP contribution >= 0.6 is 0 Å². The Kier molecular flexibility index (Phi) is 6.65. The first-order valence-corrected chi connectivity index (χ1v) is 11.2. The molecule has 0 radical (unpaired) electrons.